The first-order chi connectivity index (χ1) is 20.9. The van der Waals surface area contributed by atoms with E-state index in [2.05, 4.69) is 129 Å². The van der Waals surface area contributed by atoms with Gasteiger partial charge in [0.25, 0.3) is 0 Å². The molecule has 0 unspecified atom stereocenters. The minimum absolute atomic E-state index is 1.16. The topological polar surface area (TPSA) is 122 Å². The van der Waals surface area contributed by atoms with Crippen LogP contribution in [0, 0.1) is 0 Å². The molecule has 0 aliphatic heterocycles. The second-order valence-corrected chi connectivity index (χ2v) is 12.2. The van der Waals surface area contributed by atoms with E-state index in [1.807, 2.05) is 0 Å². The fourth-order valence-electron chi connectivity index (χ4n) is 3.53. The Morgan fingerprint density at radius 1 is 0.467 bits per heavy atom. The molecule has 0 bridgehead atoms. The van der Waals surface area contributed by atoms with E-state index in [4.69, 9.17) is 25.9 Å². The van der Waals surface area contributed by atoms with E-state index < -0.39 is 31.3 Å². The smallest absolute Gasteiger partial charge is 0.485 e. The molecule has 5 aromatic rings. The van der Waals surface area contributed by atoms with Gasteiger partial charge in [-0.15, -0.1) is 0 Å². The molecule has 0 amide bonds. The van der Waals surface area contributed by atoms with Gasteiger partial charge in [-0.2, -0.15) is 26.3 Å². The van der Waals surface area contributed by atoms with Crippen LogP contribution >= 0.6 is 11.7 Å². The van der Waals surface area contributed by atoms with Crippen LogP contribution in [0.5, 0.6) is 0 Å². The molecule has 4 aromatic carbocycles. The normalized spacial score (nSPS) is 11.9. The van der Waals surface area contributed by atoms with Crippen molar-refractivity contribution in [2.45, 2.75) is 11.0 Å². The molecule has 5 rings (SSSR count). The van der Waals surface area contributed by atoms with Crippen molar-refractivity contribution in [3.05, 3.63) is 121 Å². The van der Waals surface area contributed by atoms with Crippen LogP contribution in [0.25, 0.3) is 33.9 Å². The van der Waals surface area contributed by atoms with Crippen LogP contribution in [0.4, 0.5) is 26.3 Å². The van der Waals surface area contributed by atoms with Gasteiger partial charge in [-0.3, -0.25) is 0 Å². The second-order valence-electron chi connectivity index (χ2n) is 8.57. The first kappa shape index (κ1) is 35.3. The van der Waals surface area contributed by atoms with Crippen molar-refractivity contribution in [3.63, 3.8) is 0 Å². The maximum Gasteiger partial charge on any atom is 0.485 e. The molecule has 0 spiro atoms. The molecule has 0 radical (unpaired) electrons. The summed E-state index contributed by atoms with van der Waals surface area (Å²) >= 11 is 1.72. The van der Waals surface area contributed by atoms with Crippen LogP contribution in [0.15, 0.2) is 121 Å². The molecule has 0 atom stereocenters. The van der Waals surface area contributed by atoms with E-state index >= 15 is 0 Å². The number of rotatable bonds is 4. The molecule has 0 saturated carbocycles. The summed E-state index contributed by atoms with van der Waals surface area (Å²) in [6, 6.07) is 42.4. The van der Waals surface area contributed by atoms with Crippen LogP contribution < -0.4 is 7.91 Å². The molecular weight excluding hydrogens is 671 g/mol. The van der Waals surface area contributed by atoms with Gasteiger partial charge in [-0.25, -0.2) is 16.8 Å². The average molecular weight is 691 g/mol. The van der Waals surface area contributed by atoms with Crippen LogP contribution in [0.2, 0.25) is 0 Å². The Morgan fingerprint density at radius 2 is 0.689 bits per heavy atom. The third-order valence-corrected chi connectivity index (χ3v) is 7.68. The lowest BCUT2D eigenvalue weighted by molar-refractivity contribution is -0.559. The molecule has 17 heteroatoms. The van der Waals surface area contributed by atoms with Crippen molar-refractivity contribution in [1.82, 2.24) is 0 Å². The predicted molar refractivity (Wildman–Crippen MR) is 150 cm³/mol. The van der Waals surface area contributed by atoms with Crippen LogP contribution in [-0.4, -0.2) is 37.0 Å². The Labute approximate surface area is 257 Å². The van der Waals surface area contributed by atoms with Crippen molar-refractivity contribution in [2.75, 3.05) is 0 Å². The molecule has 1 aromatic heterocycles. The van der Waals surface area contributed by atoms with E-state index in [1.165, 1.54) is 22.5 Å². The van der Waals surface area contributed by atoms with Gasteiger partial charge in [0.1, 0.15) is 0 Å². The standard InChI is InChI=1S/C26H20N2S.2CHF3O3S/c1-5-13-21(14-6-1)25-26(22-15-7-2-8-16-22)28(24-19-11-4-12-20-24)29-27(25)23-17-9-3-10-18-23;2*2-1(3,4)8(5,6)7/h1-20H;2*(H,5,6,7)/q+2;;/p-2. The predicted octanol–water partition coefficient (Wildman–Crippen LogP) is 5.74. The third-order valence-electron chi connectivity index (χ3n) is 5.44. The minimum Gasteiger partial charge on any atom is -0.741 e. The van der Waals surface area contributed by atoms with E-state index in [0.29, 0.717) is 0 Å². The van der Waals surface area contributed by atoms with Gasteiger partial charge in [0.15, 0.2) is 20.2 Å². The van der Waals surface area contributed by atoms with Gasteiger partial charge in [-0.1, -0.05) is 72.8 Å². The minimum atomic E-state index is -6.09. The second kappa shape index (κ2) is 14.3. The molecule has 45 heavy (non-hydrogen) atoms. The first-order valence-corrected chi connectivity index (χ1v) is 15.7. The number of nitrogens with zero attached hydrogens (tertiary/aromatic N) is 2. The zero-order chi connectivity index (χ0) is 33.5. The average Bonchev–Trinajstić information content (AvgIpc) is 3.38. The Balaban J connectivity index is 0.000000287. The number of para-hydroxylation sites is 2. The van der Waals surface area contributed by atoms with Crippen LogP contribution in [-0.2, 0) is 20.2 Å². The maximum atomic E-state index is 10.7. The largest absolute Gasteiger partial charge is 0.741 e. The van der Waals surface area contributed by atoms with Gasteiger partial charge in [-0.05, 0) is 32.2 Å². The number of benzene rings is 4. The summed E-state index contributed by atoms with van der Waals surface area (Å²) in [4.78, 5) is 0. The zero-order valence-electron chi connectivity index (χ0n) is 22.4. The number of alkyl halides is 6. The van der Waals surface area contributed by atoms with Crippen molar-refractivity contribution < 1.29 is 60.2 Å². The number of hydrogen-bond donors (Lipinski definition) is 0. The van der Waals surface area contributed by atoms with E-state index in [-0.39, 0.29) is 0 Å². The summed E-state index contributed by atoms with van der Waals surface area (Å²) in [6.45, 7) is 0. The maximum absolute atomic E-state index is 10.7. The molecular formula is C28H20F6N2O6S3. The molecule has 0 aliphatic carbocycles. The van der Waals surface area contributed by atoms with E-state index in [0.717, 1.165) is 11.4 Å². The highest BCUT2D eigenvalue weighted by atomic mass is 32.2. The van der Waals surface area contributed by atoms with Crippen LogP contribution in [0.1, 0.15) is 0 Å². The summed E-state index contributed by atoms with van der Waals surface area (Å²) in [6.07, 6.45) is 0. The summed E-state index contributed by atoms with van der Waals surface area (Å²) in [5.41, 5.74) is -4.21. The lowest BCUT2D eigenvalue weighted by atomic mass is 10.0. The number of aromatic nitrogens is 2. The lowest BCUT2D eigenvalue weighted by Gasteiger charge is -2.08. The highest BCUT2D eigenvalue weighted by Gasteiger charge is 2.39. The molecule has 8 nitrogen and oxygen atoms in total. The summed E-state index contributed by atoms with van der Waals surface area (Å²) in [5, 5.41) is 0. The molecule has 0 aliphatic rings. The summed E-state index contributed by atoms with van der Waals surface area (Å²) in [7, 11) is -12.2. The number of halogens is 6. The Kier molecular flexibility index (Phi) is 11.2. The van der Waals surface area contributed by atoms with Gasteiger partial charge in [0.2, 0.25) is 11.4 Å². The molecule has 0 fully saturated rings. The molecule has 238 valence electrons. The number of hydrogen-bond acceptors (Lipinski definition) is 7. The van der Waals surface area contributed by atoms with Crippen molar-refractivity contribution in [2.24, 2.45) is 0 Å². The van der Waals surface area contributed by atoms with Gasteiger partial charge in [0.05, 0.1) is 11.1 Å². The SMILES string of the molecule is O=S(=O)([O-])C(F)(F)F.O=S(=O)([O-])C(F)(F)F.c1ccc(-c2c(-c3ccccc3)[n+](-c3ccccc3)s[n+]2-c2ccccc2)cc1. The summed E-state index contributed by atoms with van der Waals surface area (Å²) in [5.74, 6) is 0. The first-order valence-electron chi connectivity index (χ1n) is 12.2. The fraction of sp³-hybridized carbons (Fsp3) is 0.0714. The van der Waals surface area contributed by atoms with Gasteiger partial charge < -0.3 is 9.11 Å². The highest BCUT2D eigenvalue weighted by molar-refractivity contribution is 7.86. The van der Waals surface area contributed by atoms with E-state index in [9.17, 15) is 26.3 Å². The quantitative estimate of drug-likeness (QED) is 0.103. The Bertz CT molecular complexity index is 1760. The lowest BCUT2D eigenvalue weighted by Crippen LogP contribution is -2.31. The summed E-state index contributed by atoms with van der Waals surface area (Å²) < 4.78 is 122. The Morgan fingerprint density at radius 3 is 0.911 bits per heavy atom. The third kappa shape index (κ3) is 9.41. The molecule has 0 N–H and O–H groups in total. The van der Waals surface area contributed by atoms with Gasteiger partial charge in [0, 0.05) is 24.3 Å². The molecule has 0 saturated heterocycles. The Hall–Kier alpha value is -4.16. The van der Waals surface area contributed by atoms with Crippen molar-refractivity contribution in [1.29, 1.82) is 0 Å². The van der Waals surface area contributed by atoms with E-state index in [1.54, 1.807) is 11.7 Å². The van der Waals surface area contributed by atoms with Crippen molar-refractivity contribution >= 4 is 32.0 Å². The molecule has 1 heterocycles. The van der Waals surface area contributed by atoms with Crippen LogP contribution in [0.3, 0.4) is 0 Å². The fourth-order valence-corrected chi connectivity index (χ4v) is 4.68. The van der Waals surface area contributed by atoms with Crippen molar-refractivity contribution in [3.8, 4) is 33.9 Å². The monoisotopic (exact) mass is 690 g/mol. The zero-order valence-corrected chi connectivity index (χ0v) is 24.8. The van der Waals surface area contributed by atoms with Gasteiger partial charge >= 0.3 is 34.1 Å². The highest BCUT2D eigenvalue weighted by Crippen LogP contribution is 2.30.